The molecule has 1 unspecified atom stereocenters. The van der Waals surface area contributed by atoms with Crippen molar-refractivity contribution in [2.75, 3.05) is 7.05 Å². The largest absolute Gasteiger partial charge is 0.309 e. The maximum Gasteiger partial charge on any atom is 0.129 e. The van der Waals surface area contributed by atoms with Crippen LogP contribution in [0.1, 0.15) is 17.2 Å². The minimum Gasteiger partial charge on any atom is -0.309 e. The molecule has 5 heteroatoms. The third-order valence-electron chi connectivity index (χ3n) is 2.84. The first-order chi connectivity index (χ1) is 9.02. The molecule has 2 aromatic carbocycles. The molecule has 2 aromatic rings. The fourth-order valence-corrected chi connectivity index (χ4v) is 2.89. The van der Waals surface area contributed by atoms with E-state index in [1.54, 1.807) is 25.2 Å². The number of nitrogens with one attached hydrogen (secondary N) is 1. The Kier molecular flexibility index (Phi) is 4.85. The normalized spacial score (nSPS) is 12.5. The second kappa shape index (κ2) is 6.23. The van der Waals surface area contributed by atoms with Crippen molar-refractivity contribution in [3.8, 4) is 0 Å². The summed E-state index contributed by atoms with van der Waals surface area (Å²) in [6.45, 7) is 0. The smallest absolute Gasteiger partial charge is 0.129 e. The van der Waals surface area contributed by atoms with Crippen molar-refractivity contribution in [1.29, 1.82) is 0 Å². The highest BCUT2D eigenvalue weighted by molar-refractivity contribution is 9.10. The number of benzene rings is 2. The second-order valence-electron chi connectivity index (χ2n) is 4.05. The highest BCUT2D eigenvalue weighted by Gasteiger charge is 2.19. The minimum absolute atomic E-state index is 0.321. The third kappa shape index (κ3) is 3.29. The van der Waals surface area contributed by atoms with Crippen LogP contribution in [0, 0.1) is 5.82 Å². The fourth-order valence-electron chi connectivity index (χ4n) is 1.95. The van der Waals surface area contributed by atoms with Crippen LogP contribution in [-0.2, 0) is 0 Å². The molecule has 19 heavy (non-hydrogen) atoms. The van der Waals surface area contributed by atoms with Crippen molar-refractivity contribution >= 4 is 39.1 Å². The molecule has 0 bridgehead atoms. The van der Waals surface area contributed by atoms with Crippen molar-refractivity contribution in [2.45, 2.75) is 6.04 Å². The number of halogens is 4. The molecule has 0 fully saturated rings. The fraction of sp³-hybridized carbons (Fsp3) is 0.143. The molecule has 0 saturated heterocycles. The van der Waals surface area contributed by atoms with Gasteiger partial charge in [-0.2, -0.15) is 0 Å². The molecule has 0 heterocycles. The summed E-state index contributed by atoms with van der Waals surface area (Å²) in [6, 6.07) is 9.83. The molecule has 0 aliphatic rings. The van der Waals surface area contributed by atoms with Gasteiger partial charge in [0.25, 0.3) is 0 Å². The van der Waals surface area contributed by atoms with Gasteiger partial charge in [-0.15, -0.1) is 0 Å². The van der Waals surface area contributed by atoms with Crippen LogP contribution in [0.2, 0.25) is 10.0 Å². The molecular weight excluding hydrogens is 352 g/mol. The van der Waals surface area contributed by atoms with Gasteiger partial charge in [0.1, 0.15) is 5.82 Å². The van der Waals surface area contributed by atoms with Crippen molar-refractivity contribution in [2.24, 2.45) is 0 Å². The van der Waals surface area contributed by atoms with Crippen LogP contribution in [0.25, 0.3) is 0 Å². The molecule has 0 aliphatic carbocycles. The van der Waals surface area contributed by atoms with Crippen molar-refractivity contribution in [3.05, 3.63) is 67.9 Å². The topological polar surface area (TPSA) is 12.0 Å². The van der Waals surface area contributed by atoms with Gasteiger partial charge in [0.05, 0.1) is 6.04 Å². The molecule has 0 saturated carbocycles. The Bertz CT molecular complexity index is 552. The van der Waals surface area contributed by atoms with Crippen LogP contribution in [-0.4, -0.2) is 7.05 Å². The van der Waals surface area contributed by atoms with E-state index in [1.165, 1.54) is 6.07 Å². The van der Waals surface area contributed by atoms with Crippen molar-refractivity contribution in [3.63, 3.8) is 0 Å². The van der Waals surface area contributed by atoms with Crippen LogP contribution in [0.3, 0.4) is 0 Å². The van der Waals surface area contributed by atoms with Gasteiger partial charge in [-0.1, -0.05) is 51.3 Å². The van der Waals surface area contributed by atoms with Crippen LogP contribution in [0.15, 0.2) is 40.9 Å². The van der Waals surface area contributed by atoms with Gasteiger partial charge in [-0.25, -0.2) is 4.39 Å². The van der Waals surface area contributed by atoms with E-state index in [2.05, 4.69) is 21.2 Å². The number of rotatable bonds is 3. The maximum absolute atomic E-state index is 14.0. The highest BCUT2D eigenvalue weighted by Crippen LogP contribution is 2.32. The molecule has 100 valence electrons. The van der Waals surface area contributed by atoms with E-state index in [0.29, 0.717) is 15.6 Å². The van der Waals surface area contributed by atoms with Gasteiger partial charge in [-0.3, -0.25) is 0 Å². The molecule has 0 aliphatic heterocycles. The Labute approximate surface area is 129 Å². The van der Waals surface area contributed by atoms with E-state index >= 15 is 0 Å². The summed E-state index contributed by atoms with van der Waals surface area (Å²) in [5.74, 6) is -0.356. The van der Waals surface area contributed by atoms with E-state index in [0.717, 1.165) is 10.0 Å². The van der Waals surface area contributed by atoms with Gasteiger partial charge in [0.15, 0.2) is 0 Å². The lowest BCUT2D eigenvalue weighted by molar-refractivity contribution is 0.576. The molecule has 0 spiro atoms. The first-order valence-corrected chi connectivity index (χ1v) is 7.15. The number of hydrogen-bond acceptors (Lipinski definition) is 1. The molecule has 0 radical (unpaired) electrons. The predicted octanol–water partition coefficient (Wildman–Crippen LogP) is 5.20. The average Bonchev–Trinajstić information content (AvgIpc) is 2.34. The minimum atomic E-state index is -0.356. The zero-order valence-electron chi connectivity index (χ0n) is 10.1. The van der Waals surface area contributed by atoms with Crippen molar-refractivity contribution < 1.29 is 4.39 Å². The van der Waals surface area contributed by atoms with Crippen molar-refractivity contribution in [1.82, 2.24) is 5.32 Å². The summed E-state index contributed by atoms with van der Waals surface area (Å²) in [4.78, 5) is 0. The monoisotopic (exact) mass is 361 g/mol. The zero-order valence-corrected chi connectivity index (χ0v) is 13.2. The Balaban J connectivity index is 2.50. The van der Waals surface area contributed by atoms with E-state index in [9.17, 15) is 4.39 Å². The van der Waals surface area contributed by atoms with E-state index in [1.807, 2.05) is 12.1 Å². The SMILES string of the molecule is CNC(c1ccc(Cl)cc1F)c1ccc(Br)cc1Cl. The standard InChI is InChI=1S/C14H11BrCl2FN/c1-19-14(10-4-2-8(15)6-12(10)17)11-5-3-9(16)7-13(11)18/h2-7,14,19H,1H3. The predicted molar refractivity (Wildman–Crippen MR) is 81.5 cm³/mol. The first kappa shape index (κ1) is 14.8. The molecular formula is C14H11BrCl2FN. The van der Waals surface area contributed by atoms with Gasteiger partial charge in [0.2, 0.25) is 0 Å². The van der Waals surface area contributed by atoms with Crippen LogP contribution < -0.4 is 5.32 Å². The lowest BCUT2D eigenvalue weighted by atomic mass is 9.98. The molecule has 1 atom stereocenters. The van der Waals surface area contributed by atoms with Gasteiger partial charge < -0.3 is 5.32 Å². The molecule has 2 rings (SSSR count). The molecule has 1 nitrogen and oxygen atoms in total. The van der Waals surface area contributed by atoms with Gasteiger partial charge in [0, 0.05) is 20.1 Å². The lowest BCUT2D eigenvalue weighted by Crippen LogP contribution is -2.19. The summed E-state index contributed by atoms with van der Waals surface area (Å²) in [5, 5.41) is 4.02. The molecule has 1 N–H and O–H groups in total. The lowest BCUT2D eigenvalue weighted by Gasteiger charge is -2.19. The summed E-state index contributed by atoms with van der Waals surface area (Å²) < 4.78 is 14.9. The van der Waals surface area contributed by atoms with E-state index in [4.69, 9.17) is 23.2 Å². The Morgan fingerprint density at radius 1 is 1.11 bits per heavy atom. The third-order valence-corrected chi connectivity index (χ3v) is 3.89. The Hall–Kier alpha value is -0.610. The van der Waals surface area contributed by atoms with Gasteiger partial charge >= 0.3 is 0 Å². The van der Waals surface area contributed by atoms with Crippen LogP contribution in [0.5, 0.6) is 0 Å². The summed E-state index contributed by atoms with van der Waals surface area (Å²) >= 11 is 15.3. The maximum atomic E-state index is 14.0. The van der Waals surface area contributed by atoms with Crippen LogP contribution >= 0.6 is 39.1 Å². The molecule has 0 aromatic heterocycles. The zero-order chi connectivity index (χ0) is 14.0. The molecule has 0 amide bonds. The van der Waals surface area contributed by atoms with E-state index in [-0.39, 0.29) is 11.9 Å². The summed E-state index contributed by atoms with van der Waals surface area (Å²) in [6.07, 6.45) is 0. The average molecular weight is 363 g/mol. The second-order valence-corrected chi connectivity index (χ2v) is 5.81. The van der Waals surface area contributed by atoms with Crippen LogP contribution in [0.4, 0.5) is 4.39 Å². The Morgan fingerprint density at radius 2 is 1.79 bits per heavy atom. The summed E-state index contributed by atoms with van der Waals surface area (Å²) in [5.41, 5.74) is 1.32. The number of hydrogen-bond donors (Lipinski definition) is 1. The quantitative estimate of drug-likeness (QED) is 0.790. The Morgan fingerprint density at radius 3 is 2.37 bits per heavy atom. The van der Waals surface area contributed by atoms with Gasteiger partial charge in [-0.05, 0) is 36.9 Å². The summed E-state index contributed by atoms with van der Waals surface area (Å²) in [7, 11) is 1.76. The van der Waals surface area contributed by atoms with E-state index < -0.39 is 0 Å². The highest BCUT2D eigenvalue weighted by atomic mass is 79.9. The first-order valence-electron chi connectivity index (χ1n) is 5.60.